The van der Waals surface area contributed by atoms with Crippen LogP contribution in [0.2, 0.25) is 0 Å². The van der Waals surface area contributed by atoms with Gasteiger partial charge in [-0.05, 0) is 62.6 Å². The summed E-state index contributed by atoms with van der Waals surface area (Å²) in [6, 6.07) is 14.6. The van der Waals surface area contributed by atoms with Crippen LogP contribution in [0, 0.1) is 13.8 Å². The van der Waals surface area contributed by atoms with Crippen LogP contribution in [0.4, 0.5) is 0 Å². The number of aliphatic hydroxyl groups is 1. The zero-order valence-corrected chi connectivity index (χ0v) is 20.0. The smallest absolute Gasteiger partial charge is 0.140 e. The summed E-state index contributed by atoms with van der Waals surface area (Å²) < 4.78 is 2.12. The molecule has 6 rings (SSSR count). The van der Waals surface area contributed by atoms with Crippen molar-refractivity contribution < 1.29 is 5.11 Å². The minimum Gasteiger partial charge on any atom is -0.386 e. The molecule has 0 spiro atoms. The number of rotatable bonds is 3. The molecule has 3 N–H and O–H groups in total. The van der Waals surface area contributed by atoms with Crippen LogP contribution >= 0.6 is 0 Å². The third-order valence-corrected chi connectivity index (χ3v) is 7.03. The highest BCUT2D eigenvalue weighted by Gasteiger charge is 2.21. The number of H-pyrrole nitrogens is 2. The normalized spacial score (nSPS) is 12.4. The molecule has 0 radical (unpaired) electrons. The Kier molecular flexibility index (Phi) is 4.29. The van der Waals surface area contributed by atoms with Crippen LogP contribution in [-0.2, 0) is 12.6 Å². The molecule has 0 aliphatic carbocycles. The molecule has 34 heavy (non-hydrogen) atoms. The van der Waals surface area contributed by atoms with E-state index in [9.17, 15) is 5.11 Å². The van der Waals surface area contributed by atoms with E-state index < -0.39 is 5.60 Å². The number of nitrogens with one attached hydrogen (secondary N) is 2. The Morgan fingerprint density at radius 2 is 1.79 bits per heavy atom. The number of fused-ring (bicyclic) bond motifs is 4. The highest BCUT2D eigenvalue weighted by atomic mass is 16.3. The Labute approximate surface area is 197 Å². The second-order valence-corrected chi connectivity index (χ2v) is 9.76. The predicted octanol–water partition coefficient (Wildman–Crippen LogP) is 6.11. The van der Waals surface area contributed by atoms with Crippen molar-refractivity contribution >= 4 is 32.8 Å². The number of hydrogen-bond acceptors (Lipinski definition) is 3. The molecule has 6 nitrogen and oxygen atoms in total. The van der Waals surface area contributed by atoms with Crippen molar-refractivity contribution in [2.45, 2.75) is 33.3 Å². The first-order chi connectivity index (χ1) is 16.2. The van der Waals surface area contributed by atoms with Crippen LogP contribution in [-0.4, -0.2) is 29.8 Å². The minimum atomic E-state index is -0.911. The van der Waals surface area contributed by atoms with Crippen LogP contribution < -0.4 is 0 Å². The van der Waals surface area contributed by atoms with Crippen LogP contribution in [0.15, 0.2) is 54.9 Å². The van der Waals surface area contributed by atoms with Gasteiger partial charge in [0.15, 0.2) is 0 Å². The number of aromatic amines is 2. The fourth-order valence-corrected chi connectivity index (χ4v) is 4.91. The Hall–Kier alpha value is -3.90. The summed E-state index contributed by atoms with van der Waals surface area (Å²) >= 11 is 0. The molecule has 170 valence electrons. The lowest BCUT2D eigenvalue weighted by Gasteiger charge is -2.18. The van der Waals surface area contributed by atoms with E-state index in [2.05, 4.69) is 76.2 Å². The first-order valence-corrected chi connectivity index (χ1v) is 11.5. The number of pyridine rings is 1. The summed E-state index contributed by atoms with van der Waals surface area (Å²) in [6.45, 7) is 7.89. The van der Waals surface area contributed by atoms with E-state index in [1.165, 1.54) is 11.1 Å². The van der Waals surface area contributed by atoms with Gasteiger partial charge in [0, 0.05) is 51.7 Å². The summed E-state index contributed by atoms with van der Waals surface area (Å²) in [4.78, 5) is 8.64. The molecule has 6 heteroatoms. The second-order valence-electron chi connectivity index (χ2n) is 9.76. The van der Waals surface area contributed by atoms with Gasteiger partial charge in [-0.1, -0.05) is 24.3 Å². The molecule has 6 aromatic rings. The van der Waals surface area contributed by atoms with Crippen LogP contribution in [0.1, 0.15) is 30.5 Å². The fourth-order valence-electron chi connectivity index (χ4n) is 4.91. The first kappa shape index (κ1) is 20.7. The van der Waals surface area contributed by atoms with Gasteiger partial charge in [0.2, 0.25) is 0 Å². The number of aromatic nitrogens is 5. The van der Waals surface area contributed by atoms with Crippen molar-refractivity contribution in [2.24, 2.45) is 7.05 Å². The van der Waals surface area contributed by atoms with E-state index in [-0.39, 0.29) is 0 Å². The Morgan fingerprint density at radius 3 is 2.59 bits per heavy atom. The number of hydrogen-bond donors (Lipinski definition) is 3. The zero-order valence-electron chi connectivity index (χ0n) is 20.0. The molecule has 2 aromatic carbocycles. The van der Waals surface area contributed by atoms with Gasteiger partial charge in [0.25, 0.3) is 0 Å². The maximum Gasteiger partial charge on any atom is 0.140 e. The summed E-state index contributed by atoms with van der Waals surface area (Å²) in [5.41, 5.74) is 9.42. The van der Waals surface area contributed by atoms with Gasteiger partial charge in [0.1, 0.15) is 5.65 Å². The molecular weight excluding hydrogens is 422 g/mol. The van der Waals surface area contributed by atoms with Crippen molar-refractivity contribution in [1.82, 2.24) is 24.7 Å². The molecule has 0 aliphatic heterocycles. The van der Waals surface area contributed by atoms with Gasteiger partial charge < -0.3 is 14.7 Å². The van der Waals surface area contributed by atoms with Crippen LogP contribution in [0.25, 0.3) is 55.4 Å². The van der Waals surface area contributed by atoms with Crippen molar-refractivity contribution in [3.05, 3.63) is 71.5 Å². The van der Waals surface area contributed by atoms with E-state index >= 15 is 0 Å². The van der Waals surface area contributed by atoms with Crippen molar-refractivity contribution in [3.63, 3.8) is 0 Å². The number of nitrogens with zero attached hydrogens (tertiary/aromatic N) is 3. The van der Waals surface area contributed by atoms with Gasteiger partial charge in [-0.3, -0.25) is 5.10 Å². The SMILES string of the molecule is Cc1cccc(-c2nc3[nH]c(-c4cn(C)c5ccc(C(C)(C)O)cc45)cc3c3[nH]ncc23)c1C. The third kappa shape index (κ3) is 2.99. The topological polar surface area (TPSA) is 82.5 Å². The summed E-state index contributed by atoms with van der Waals surface area (Å²) in [5, 5.41) is 21.2. The monoisotopic (exact) mass is 449 g/mol. The highest BCUT2D eigenvalue weighted by molar-refractivity contribution is 6.10. The fraction of sp³-hybridized carbons (Fsp3) is 0.214. The Balaban J connectivity index is 1.61. The van der Waals surface area contributed by atoms with Crippen molar-refractivity contribution in [2.75, 3.05) is 0 Å². The molecule has 0 aliphatic rings. The highest BCUT2D eigenvalue weighted by Crippen LogP contribution is 2.38. The molecule has 0 saturated carbocycles. The van der Waals surface area contributed by atoms with Gasteiger partial charge in [-0.2, -0.15) is 5.10 Å². The molecular formula is C28H27N5O. The van der Waals surface area contributed by atoms with Crippen molar-refractivity contribution in [3.8, 4) is 22.5 Å². The minimum absolute atomic E-state index is 0.818. The van der Waals surface area contributed by atoms with Gasteiger partial charge in [-0.25, -0.2) is 4.98 Å². The maximum absolute atomic E-state index is 10.6. The zero-order chi connectivity index (χ0) is 23.8. The van der Waals surface area contributed by atoms with E-state index in [0.29, 0.717) is 0 Å². The quantitative estimate of drug-likeness (QED) is 0.305. The van der Waals surface area contributed by atoms with E-state index in [1.54, 1.807) is 0 Å². The largest absolute Gasteiger partial charge is 0.386 e. The maximum atomic E-state index is 10.6. The predicted molar refractivity (Wildman–Crippen MR) is 138 cm³/mol. The molecule has 0 saturated heterocycles. The van der Waals surface area contributed by atoms with E-state index in [0.717, 1.165) is 60.9 Å². The average Bonchev–Trinajstić information content (AvgIpc) is 3.51. The van der Waals surface area contributed by atoms with Crippen molar-refractivity contribution in [1.29, 1.82) is 0 Å². The van der Waals surface area contributed by atoms with Gasteiger partial charge in [-0.15, -0.1) is 0 Å². The summed E-state index contributed by atoms with van der Waals surface area (Å²) in [6.07, 6.45) is 3.98. The lowest BCUT2D eigenvalue weighted by atomic mass is 9.96. The van der Waals surface area contributed by atoms with E-state index in [4.69, 9.17) is 4.98 Å². The summed E-state index contributed by atoms with van der Waals surface area (Å²) in [7, 11) is 2.04. The molecule has 0 unspecified atom stereocenters. The number of aryl methyl sites for hydroxylation is 2. The Morgan fingerprint density at radius 1 is 0.971 bits per heavy atom. The molecule has 0 fully saturated rings. The molecule has 4 aromatic heterocycles. The first-order valence-electron chi connectivity index (χ1n) is 11.5. The Bertz CT molecular complexity index is 1730. The van der Waals surface area contributed by atoms with E-state index in [1.807, 2.05) is 33.2 Å². The number of benzene rings is 2. The lowest BCUT2D eigenvalue weighted by molar-refractivity contribution is 0.0787. The standard InChI is InChI=1S/C28H27N5O/c1-15-7-6-8-18(16(15)2)25-21-13-29-32-26(21)20-12-23(30-27(20)31-25)22-14-33(5)24-10-9-17(11-19(22)24)28(3,4)34/h6-14,34H,1-5H3,(H,29,32)(H,30,31). The molecule has 0 amide bonds. The van der Waals surface area contributed by atoms with Gasteiger partial charge in [0.05, 0.1) is 23.0 Å². The lowest BCUT2D eigenvalue weighted by Crippen LogP contribution is -2.15. The van der Waals surface area contributed by atoms with Crippen LogP contribution in [0.5, 0.6) is 0 Å². The summed E-state index contributed by atoms with van der Waals surface area (Å²) in [5.74, 6) is 0. The molecule has 0 atom stereocenters. The second kappa shape index (κ2) is 7.05. The molecule has 4 heterocycles. The molecule has 0 bridgehead atoms. The van der Waals surface area contributed by atoms with Gasteiger partial charge >= 0.3 is 0 Å². The van der Waals surface area contributed by atoms with Crippen LogP contribution in [0.3, 0.4) is 0 Å². The third-order valence-electron chi connectivity index (χ3n) is 7.03. The average molecular weight is 450 g/mol.